The number of benzene rings is 2. The molecule has 0 saturated carbocycles. The number of hydrogen-bond donors (Lipinski definition) is 1. The van der Waals surface area contributed by atoms with Crippen LogP contribution >= 0.6 is 11.3 Å². The maximum atomic E-state index is 12.6. The normalized spacial score (nSPS) is 11.0. The van der Waals surface area contributed by atoms with Crippen LogP contribution in [0, 0.1) is 6.92 Å². The van der Waals surface area contributed by atoms with Gasteiger partial charge in [-0.05, 0) is 31.2 Å². The molecule has 3 rings (SSSR count). The molecule has 2 aromatic carbocycles. The number of aromatic nitrogens is 1. The highest BCUT2D eigenvalue weighted by atomic mass is 32.1. The van der Waals surface area contributed by atoms with Crippen LogP contribution in [-0.4, -0.2) is 24.6 Å². The van der Waals surface area contributed by atoms with Crippen molar-refractivity contribution in [3.05, 3.63) is 70.2 Å². The van der Waals surface area contributed by atoms with Crippen LogP contribution in [0.2, 0.25) is 0 Å². The van der Waals surface area contributed by atoms with Crippen molar-refractivity contribution in [2.75, 3.05) is 12.4 Å². The molecule has 0 unspecified atom stereocenters. The summed E-state index contributed by atoms with van der Waals surface area (Å²) in [5.41, 5.74) is 1.83. The first kappa shape index (κ1) is 22.2. The van der Waals surface area contributed by atoms with E-state index in [1.807, 2.05) is 30.5 Å². The SMILES string of the molecule is COc1ccc(NC(=O)/C=C/c2ccccc2OCc2csc(C)n2)cc1OC(F)F. The van der Waals surface area contributed by atoms with Crippen molar-refractivity contribution in [2.45, 2.75) is 20.1 Å². The van der Waals surface area contributed by atoms with E-state index in [0.717, 1.165) is 10.7 Å². The van der Waals surface area contributed by atoms with Gasteiger partial charge in [0.15, 0.2) is 11.5 Å². The highest BCUT2D eigenvalue weighted by Crippen LogP contribution is 2.31. The topological polar surface area (TPSA) is 69.7 Å². The van der Waals surface area contributed by atoms with Crippen molar-refractivity contribution in [3.8, 4) is 17.2 Å². The number of aryl methyl sites for hydroxylation is 1. The fourth-order valence-corrected chi connectivity index (χ4v) is 3.27. The molecule has 1 N–H and O–H groups in total. The van der Waals surface area contributed by atoms with Crippen LogP contribution < -0.4 is 19.5 Å². The smallest absolute Gasteiger partial charge is 0.387 e. The van der Waals surface area contributed by atoms with Crippen LogP contribution in [0.1, 0.15) is 16.3 Å². The first-order valence-electron chi connectivity index (χ1n) is 9.19. The Morgan fingerprint density at radius 3 is 2.71 bits per heavy atom. The Bertz CT molecular complexity index is 1070. The third-order valence-corrected chi connectivity index (χ3v) is 4.84. The van der Waals surface area contributed by atoms with E-state index in [2.05, 4.69) is 15.0 Å². The number of methoxy groups -OCH3 is 1. The molecule has 9 heteroatoms. The molecule has 0 saturated heterocycles. The fourth-order valence-electron chi connectivity index (χ4n) is 2.67. The van der Waals surface area contributed by atoms with Crippen molar-refractivity contribution in [3.63, 3.8) is 0 Å². The lowest BCUT2D eigenvalue weighted by Gasteiger charge is -2.11. The number of thiazole rings is 1. The number of halogens is 2. The zero-order valence-corrected chi connectivity index (χ0v) is 17.6. The van der Waals surface area contributed by atoms with Crippen molar-refractivity contribution in [1.29, 1.82) is 0 Å². The predicted octanol–water partition coefficient (Wildman–Crippen LogP) is 5.29. The number of alkyl halides is 2. The number of nitrogens with one attached hydrogen (secondary N) is 1. The van der Waals surface area contributed by atoms with Crippen LogP contribution in [0.5, 0.6) is 17.2 Å². The van der Waals surface area contributed by atoms with E-state index < -0.39 is 12.5 Å². The number of amides is 1. The zero-order valence-electron chi connectivity index (χ0n) is 16.8. The predicted molar refractivity (Wildman–Crippen MR) is 115 cm³/mol. The highest BCUT2D eigenvalue weighted by Gasteiger charge is 2.12. The lowest BCUT2D eigenvalue weighted by molar-refractivity contribution is -0.111. The standard InChI is InChI=1S/C22H20F2N2O4S/c1-14-25-17(13-31-14)12-29-18-6-4-3-5-15(18)7-10-21(27)26-16-8-9-19(28-2)20(11-16)30-22(23)24/h3-11,13,22H,12H2,1-2H3,(H,26,27)/b10-7+. The second-order valence-corrected chi connectivity index (χ2v) is 7.31. The monoisotopic (exact) mass is 446 g/mol. The molecule has 0 aliphatic heterocycles. The van der Waals surface area contributed by atoms with Gasteiger partial charge in [0, 0.05) is 28.8 Å². The Balaban J connectivity index is 1.66. The summed E-state index contributed by atoms with van der Waals surface area (Å²) in [6, 6.07) is 11.5. The molecule has 0 radical (unpaired) electrons. The van der Waals surface area contributed by atoms with Crippen molar-refractivity contribution in [1.82, 2.24) is 4.98 Å². The van der Waals surface area contributed by atoms with Gasteiger partial charge in [-0.25, -0.2) is 4.98 Å². The molecular weight excluding hydrogens is 426 g/mol. The number of ether oxygens (including phenoxy) is 3. The first-order valence-corrected chi connectivity index (χ1v) is 10.1. The summed E-state index contributed by atoms with van der Waals surface area (Å²) in [5, 5.41) is 5.50. The molecule has 0 aliphatic rings. The van der Waals surface area contributed by atoms with Gasteiger partial charge in [-0.3, -0.25) is 4.79 Å². The summed E-state index contributed by atoms with van der Waals surface area (Å²) < 4.78 is 40.3. The van der Waals surface area contributed by atoms with Gasteiger partial charge in [-0.2, -0.15) is 8.78 Å². The molecule has 0 spiro atoms. The third kappa shape index (κ3) is 6.51. The molecule has 0 fully saturated rings. The fraction of sp³-hybridized carbons (Fsp3) is 0.182. The van der Waals surface area contributed by atoms with E-state index in [9.17, 15) is 13.6 Å². The number of carbonyl (C=O) groups excluding carboxylic acids is 1. The summed E-state index contributed by atoms with van der Waals surface area (Å²) >= 11 is 1.55. The number of hydrogen-bond acceptors (Lipinski definition) is 6. The maximum Gasteiger partial charge on any atom is 0.387 e. The number of carbonyl (C=O) groups is 1. The van der Waals surface area contributed by atoms with Gasteiger partial charge >= 0.3 is 6.61 Å². The van der Waals surface area contributed by atoms with E-state index in [1.54, 1.807) is 23.5 Å². The van der Waals surface area contributed by atoms with Crippen LogP contribution in [-0.2, 0) is 11.4 Å². The van der Waals surface area contributed by atoms with Crippen LogP contribution in [0.4, 0.5) is 14.5 Å². The lowest BCUT2D eigenvalue weighted by Crippen LogP contribution is -2.09. The summed E-state index contributed by atoms with van der Waals surface area (Å²) in [6.45, 7) is -0.765. The van der Waals surface area contributed by atoms with Crippen molar-refractivity contribution >= 4 is 29.0 Å². The molecule has 162 valence electrons. The number of rotatable bonds is 9. The first-order chi connectivity index (χ1) is 14.9. The second kappa shape index (κ2) is 10.5. The number of anilines is 1. The molecule has 0 aliphatic carbocycles. The molecular formula is C22H20F2N2O4S. The van der Waals surface area contributed by atoms with E-state index in [1.165, 1.54) is 31.4 Å². The van der Waals surface area contributed by atoms with E-state index >= 15 is 0 Å². The lowest BCUT2D eigenvalue weighted by atomic mass is 10.2. The Hall–Kier alpha value is -3.46. The summed E-state index contributed by atoms with van der Waals surface area (Å²) in [6.07, 6.45) is 2.93. The summed E-state index contributed by atoms with van der Waals surface area (Å²) in [7, 11) is 1.34. The quantitative estimate of drug-likeness (QED) is 0.452. The minimum Gasteiger partial charge on any atom is -0.493 e. The van der Waals surface area contributed by atoms with Crippen LogP contribution in [0.3, 0.4) is 0 Å². The number of nitrogens with zero attached hydrogens (tertiary/aromatic N) is 1. The number of para-hydroxylation sites is 1. The Labute approximate surface area is 182 Å². The Morgan fingerprint density at radius 1 is 1.19 bits per heavy atom. The maximum absolute atomic E-state index is 12.6. The van der Waals surface area contributed by atoms with Gasteiger partial charge in [-0.15, -0.1) is 11.3 Å². The van der Waals surface area contributed by atoms with Gasteiger partial charge in [0.05, 0.1) is 17.8 Å². The largest absolute Gasteiger partial charge is 0.493 e. The molecule has 0 atom stereocenters. The summed E-state index contributed by atoms with van der Waals surface area (Å²) in [4.78, 5) is 16.7. The third-order valence-electron chi connectivity index (χ3n) is 4.02. The molecule has 1 heterocycles. The van der Waals surface area contributed by atoms with Crippen molar-refractivity contribution < 1.29 is 27.8 Å². The van der Waals surface area contributed by atoms with Gasteiger partial charge in [0.2, 0.25) is 5.91 Å². The van der Waals surface area contributed by atoms with E-state index in [-0.39, 0.29) is 17.2 Å². The average molecular weight is 446 g/mol. The van der Waals surface area contributed by atoms with Gasteiger partial charge < -0.3 is 19.5 Å². The highest BCUT2D eigenvalue weighted by molar-refractivity contribution is 7.09. The Morgan fingerprint density at radius 2 is 2.00 bits per heavy atom. The molecule has 31 heavy (non-hydrogen) atoms. The molecule has 1 aromatic heterocycles. The van der Waals surface area contributed by atoms with E-state index in [4.69, 9.17) is 9.47 Å². The Kier molecular flexibility index (Phi) is 7.55. The van der Waals surface area contributed by atoms with Crippen LogP contribution in [0.15, 0.2) is 53.9 Å². The van der Waals surface area contributed by atoms with Gasteiger partial charge in [0.1, 0.15) is 12.4 Å². The molecule has 0 bridgehead atoms. The van der Waals surface area contributed by atoms with Crippen molar-refractivity contribution in [2.24, 2.45) is 0 Å². The van der Waals surface area contributed by atoms with E-state index in [0.29, 0.717) is 17.9 Å². The van der Waals surface area contributed by atoms with Crippen LogP contribution in [0.25, 0.3) is 6.08 Å². The average Bonchev–Trinajstić information content (AvgIpc) is 3.16. The second-order valence-electron chi connectivity index (χ2n) is 6.25. The van der Waals surface area contributed by atoms with Gasteiger partial charge in [0.25, 0.3) is 0 Å². The van der Waals surface area contributed by atoms with Gasteiger partial charge in [-0.1, -0.05) is 18.2 Å². The molecule has 6 nitrogen and oxygen atoms in total. The molecule has 1 amide bonds. The summed E-state index contributed by atoms with van der Waals surface area (Å²) in [5.74, 6) is 0.123. The molecule has 3 aromatic rings. The zero-order chi connectivity index (χ0) is 22.2. The minimum atomic E-state index is -3.01. The minimum absolute atomic E-state index is 0.134.